The van der Waals surface area contributed by atoms with Crippen molar-refractivity contribution in [3.63, 3.8) is 0 Å². The lowest BCUT2D eigenvalue weighted by molar-refractivity contribution is -0.0521. The number of carbonyl (C=O) groups excluding carboxylic acids is 1. The van der Waals surface area contributed by atoms with E-state index in [2.05, 4.69) is 32.0 Å². The number of hydrogen-bond donors (Lipinski definition) is 2. The number of alkyl halides is 2. The van der Waals surface area contributed by atoms with Crippen molar-refractivity contribution in [2.45, 2.75) is 12.7 Å². The highest BCUT2D eigenvalue weighted by atomic mass is 35.5. The lowest BCUT2D eigenvalue weighted by Crippen LogP contribution is -2.44. The molecular formula is C22H17Cl2F3N6O3. The summed E-state index contributed by atoms with van der Waals surface area (Å²) in [5.74, 6) is -1.87. The summed E-state index contributed by atoms with van der Waals surface area (Å²) in [5, 5.41) is 20.8. The Kier molecular flexibility index (Phi) is 8.99. The van der Waals surface area contributed by atoms with Gasteiger partial charge in [-0.1, -0.05) is 41.9 Å². The highest BCUT2D eigenvalue weighted by Crippen LogP contribution is 2.27. The fourth-order valence-electron chi connectivity index (χ4n) is 3.07. The molecule has 36 heavy (non-hydrogen) atoms. The Morgan fingerprint density at radius 2 is 2.11 bits per heavy atom. The molecule has 0 saturated heterocycles. The number of anilines is 1. The Balaban J connectivity index is 1.92. The van der Waals surface area contributed by atoms with Gasteiger partial charge in [-0.05, 0) is 24.3 Å². The number of halogens is 5. The standard InChI is InChI=1S/C22H17Cl2F3N6O3/c1-2-7-35-22(34)31-17-10-33(32-19(17)12-3-5-14(23)15(24)8-12)21(29-11-28)30-13-4-6-16(25)18(9-13)36-20(26)27/h2-6,8-9,17,20H,1,7,10H2,(H,29,30)(H,31,34)/t17-/m1/s1. The molecule has 1 atom stereocenters. The van der Waals surface area contributed by atoms with Crippen LogP contribution in [0.3, 0.4) is 0 Å². The number of carbonyl (C=O) groups is 1. The molecule has 188 valence electrons. The maximum absolute atomic E-state index is 13.8. The van der Waals surface area contributed by atoms with Crippen molar-refractivity contribution < 1.29 is 27.4 Å². The van der Waals surface area contributed by atoms with Gasteiger partial charge in [0.1, 0.15) is 6.61 Å². The van der Waals surface area contributed by atoms with Crippen molar-refractivity contribution in [2.24, 2.45) is 10.1 Å². The van der Waals surface area contributed by atoms with Gasteiger partial charge < -0.3 is 20.1 Å². The lowest BCUT2D eigenvalue weighted by Gasteiger charge is -2.19. The van der Waals surface area contributed by atoms with E-state index in [4.69, 9.17) is 27.9 Å². The van der Waals surface area contributed by atoms with Gasteiger partial charge >= 0.3 is 12.7 Å². The second-order valence-electron chi connectivity index (χ2n) is 6.96. The summed E-state index contributed by atoms with van der Waals surface area (Å²) in [6.45, 7) is 0.181. The molecule has 0 saturated carbocycles. The minimum Gasteiger partial charge on any atom is -0.445 e. The van der Waals surface area contributed by atoms with E-state index in [0.717, 1.165) is 12.1 Å². The van der Waals surface area contributed by atoms with Crippen LogP contribution in [-0.4, -0.2) is 48.6 Å². The second kappa shape index (κ2) is 12.1. The average molecular weight is 541 g/mol. The Labute approximate surface area is 213 Å². The van der Waals surface area contributed by atoms with Crippen molar-refractivity contribution in [3.8, 4) is 11.9 Å². The highest BCUT2D eigenvalue weighted by Gasteiger charge is 2.32. The SMILES string of the molecule is C=CCOC(=O)N[C@@H]1CN(/C(=N\C#N)Nc2ccc(F)c(OC(F)F)c2)N=C1c1ccc(Cl)c(Cl)c1. The summed E-state index contributed by atoms with van der Waals surface area (Å²) in [4.78, 5) is 15.9. The second-order valence-corrected chi connectivity index (χ2v) is 7.78. The van der Waals surface area contributed by atoms with Gasteiger partial charge in [-0.3, -0.25) is 0 Å². The normalized spacial score (nSPS) is 15.2. The zero-order chi connectivity index (χ0) is 26.2. The smallest absolute Gasteiger partial charge is 0.408 e. The zero-order valence-electron chi connectivity index (χ0n) is 18.2. The van der Waals surface area contributed by atoms with E-state index in [-0.39, 0.29) is 29.8 Å². The number of nitrogens with zero attached hydrogens (tertiary/aromatic N) is 4. The molecule has 1 aliphatic heterocycles. The van der Waals surface area contributed by atoms with Gasteiger partial charge in [0, 0.05) is 17.3 Å². The fourth-order valence-corrected chi connectivity index (χ4v) is 3.37. The van der Waals surface area contributed by atoms with Gasteiger partial charge in [-0.25, -0.2) is 14.2 Å². The van der Waals surface area contributed by atoms with Crippen LogP contribution in [0.1, 0.15) is 5.56 Å². The Morgan fingerprint density at radius 3 is 2.78 bits per heavy atom. The number of nitriles is 1. The van der Waals surface area contributed by atoms with Crippen LogP contribution in [0.15, 0.2) is 59.1 Å². The number of hydrazone groups is 1. The van der Waals surface area contributed by atoms with Crippen LogP contribution in [-0.2, 0) is 4.74 Å². The summed E-state index contributed by atoms with van der Waals surface area (Å²) in [6.07, 6.45) is 2.24. The minimum atomic E-state index is -3.24. The maximum atomic E-state index is 13.8. The fraction of sp³-hybridized carbons (Fsp3) is 0.182. The molecule has 3 rings (SSSR count). The van der Waals surface area contributed by atoms with E-state index >= 15 is 0 Å². The van der Waals surface area contributed by atoms with Crippen LogP contribution < -0.4 is 15.4 Å². The molecule has 0 radical (unpaired) electrons. The molecule has 0 bridgehead atoms. The van der Waals surface area contributed by atoms with Crippen molar-refractivity contribution in [1.82, 2.24) is 10.3 Å². The largest absolute Gasteiger partial charge is 0.445 e. The third-order valence-electron chi connectivity index (χ3n) is 4.56. The molecular weight excluding hydrogens is 524 g/mol. The molecule has 9 nitrogen and oxygen atoms in total. The Hall–Kier alpha value is -3.95. The van der Waals surface area contributed by atoms with Crippen molar-refractivity contribution in [2.75, 3.05) is 18.5 Å². The number of alkyl carbamates (subject to hydrolysis) is 1. The molecule has 0 aliphatic carbocycles. The number of amides is 1. The third-order valence-corrected chi connectivity index (χ3v) is 5.30. The van der Waals surface area contributed by atoms with E-state index in [9.17, 15) is 23.2 Å². The van der Waals surface area contributed by atoms with Gasteiger partial charge in [0.2, 0.25) is 12.2 Å². The quantitative estimate of drug-likeness (QED) is 0.221. The molecule has 14 heteroatoms. The zero-order valence-corrected chi connectivity index (χ0v) is 19.7. The van der Waals surface area contributed by atoms with Crippen molar-refractivity contribution in [1.29, 1.82) is 5.26 Å². The molecule has 2 aromatic rings. The van der Waals surface area contributed by atoms with E-state index in [1.165, 1.54) is 17.2 Å². The molecule has 1 amide bonds. The molecule has 2 aromatic carbocycles. The predicted molar refractivity (Wildman–Crippen MR) is 128 cm³/mol. The number of ether oxygens (including phenoxy) is 2. The first kappa shape index (κ1) is 26.7. The van der Waals surface area contributed by atoms with Crippen LogP contribution in [0.25, 0.3) is 0 Å². The number of nitrogens with one attached hydrogen (secondary N) is 2. The molecule has 1 aliphatic rings. The molecule has 0 spiro atoms. The predicted octanol–water partition coefficient (Wildman–Crippen LogP) is 4.98. The third kappa shape index (κ3) is 6.80. The lowest BCUT2D eigenvalue weighted by atomic mass is 10.0. The topological polar surface area (TPSA) is 111 Å². The van der Waals surface area contributed by atoms with Crippen molar-refractivity contribution in [3.05, 3.63) is 70.5 Å². The van der Waals surface area contributed by atoms with E-state index in [1.807, 2.05) is 0 Å². The van der Waals surface area contributed by atoms with Crippen molar-refractivity contribution >= 4 is 46.7 Å². The van der Waals surface area contributed by atoms with Crippen LogP contribution in [0, 0.1) is 17.3 Å². The van der Waals surface area contributed by atoms with Crippen LogP contribution in [0.2, 0.25) is 10.0 Å². The number of hydrogen-bond acceptors (Lipinski definition) is 6. The van der Waals surface area contributed by atoms with E-state index in [0.29, 0.717) is 16.3 Å². The first-order chi connectivity index (χ1) is 17.2. The summed E-state index contributed by atoms with van der Waals surface area (Å²) in [5.41, 5.74) is 0.915. The van der Waals surface area contributed by atoms with Gasteiger partial charge in [0.05, 0.1) is 28.3 Å². The van der Waals surface area contributed by atoms with Crippen LogP contribution >= 0.6 is 23.2 Å². The number of guanidine groups is 1. The Bertz CT molecular complexity index is 1250. The van der Waals surface area contributed by atoms with E-state index in [1.54, 1.807) is 24.4 Å². The summed E-state index contributed by atoms with van der Waals surface area (Å²) < 4.78 is 48.1. The number of benzene rings is 2. The van der Waals surface area contributed by atoms with E-state index < -0.39 is 30.3 Å². The highest BCUT2D eigenvalue weighted by molar-refractivity contribution is 6.42. The summed E-state index contributed by atoms with van der Waals surface area (Å²) >= 11 is 12.1. The minimum absolute atomic E-state index is 0.0200. The Morgan fingerprint density at radius 1 is 1.33 bits per heavy atom. The summed E-state index contributed by atoms with van der Waals surface area (Å²) in [7, 11) is 0. The number of aliphatic imine (C=N–C) groups is 1. The molecule has 0 aromatic heterocycles. The van der Waals surface area contributed by atoms with Gasteiger partial charge in [-0.15, -0.1) is 4.99 Å². The van der Waals surface area contributed by atoms with Crippen LogP contribution in [0.5, 0.6) is 5.75 Å². The molecule has 0 fully saturated rings. The first-order valence-corrected chi connectivity index (χ1v) is 10.8. The number of rotatable bonds is 7. The molecule has 2 N–H and O–H groups in total. The first-order valence-electron chi connectivity index (χ1n) is 10.1. The molecule has 0 unspecified atom stereocenters. The van der Waals surface area contributed by atoms with Crippen LogP contribution in [0.4, 0.5) is 23.7 Å². The summed E-state index contributed by atoms with van der Waals surface area (Å²) in [6, 6.07) is 7.05. The maximum Gasteiger partial charge on any atom is 0.408 e. The van der Waals surface area contributed by atoms with Gasteiger partial charge in [0.15, 0.2) is 11.6 Å². The average Bonchev–Trinajstić information content (AvgIpc) is 3.24. The monoisotopic (exact) mass is 540 g/mol. The van der Waals surface area contributed by atoms with Gasteiger partial charge in [-0.2, -0.15) is 19.1 Å². The van der Waals surface area contributed by atoms with Gasteiger partial charge in [0.25, 0.3) is 0 Å². The molecule has 1 heterocycles.